The normalized spacial score (nSPS) is 11.2. The maximum Gasteiger partial charge on any atom is 0.329 e. The minimum absolute atomic E-state index is 0.0166. The molecule has 0 unspecified atom stereocenters. The minimum atomic E-state index is -0.206. The van der Waals surface area contributed by atoms with Gasteiger partial charge in [0.25, 0.3) is 0 Å². The first-order valence-electron chi connectivity index (χ1n) is 10.1. The van der Waals surface area contributed by atoms with E-state index in [9.17, 15) is 9.59 Å². The Morgan fingerprint density at radius 2 is 1.60 bits per heavy atom. The highest BCUT2D eigenvalue weighted by Gasteiger charge is 2.16. The molecular weight excluding hydrogens is 378 g/mol. The van der Waals surface area contributed by atoms with Gasteiger partial charge >= 0.3 is 5.69 Å². The third-order valence-corrected chi connectivity index (χ3v) is 5.45. The second-order valence-electron chi connectivity index (χ2n) is 7.28. The standard InChI is InChI=1S/C23H25N5O2/c1-4-26-20-12-8-9-13-21(20)27(23(26)30)15-22(29)24-14-19-16(2)25-28(17(19)3)18-10-6-5-7-11-18/h5-13H,4,14-15H2,1-3H3,(H,24,29). The molecule has 0 spiro atoms. The predicted octanol–water partition coefficient (Wildman–Crippen LogP) is 2.94. The summed E-state index contributed by atoms with van der Waals surface area (Å²) in [6.45, 7) is 6.77. The molecule has 0 aliphatic carbocycles. The molecule has 0 atom stereocenters. The highest BCUT2D eigenvalue weighted by molar-refractivity contribution is 5.81. The van der Waals surface area contributed by atoms with Crippen molar-refractivity contribution in [3.05, 3.63) is 82.0 Å². The van der Waals surface area contributed by atoms with Gasteiger partial charge in [0.15, 0.2) is 0 Å². The highest BCUT2D eigenvalue weighted by atomic mass is 16.2. The van der Waals surface area contributed by atoms with Crippen LogP contribution in [0.1, 0.15) is 23.9 Å². The molecule has 30 heavy (non-hydrogen) atoms. The van der Waals surface area contributed by atoms with Gasteiger partial charge in [0.1, 0.15) is 6.54 Å². The highest BCUT2D eigenvalue weighted by Crippen LogP contribution is 2.18. The fourth-order valence-electron chi connectivity index (χ4n) is 3.87. The molecule has 0 fully saturated rings. The smallest absolute Gasteiger partial charge is 0.329 e. The van der Waals surface area contributed by atoms with Crippen LogP contribution in [0.3, 0.4) is 0 Å². The Balaban J connectivity index is 1.53. The lowest BCUT2D eigenvalue weighted by Gasteiger charge is -2.08. The number of nitrogens with one attached hydrogen (secondary N) is 1. The monoisotopic (exact) mass is 403 g/mol. The summed E-state index contributed by atoms with van der Waals surface area (Å²) in [7, 11) is 0. The molecule has 4 aromatic rings. The van der Waals surface area contributed by atoms with E-state index < -0.39 is 0 Å². The first kappa shape index (κ1) is 19.7. The lowest BCUT2D eigenvalue weighted by Crippen LogP contribution is -2.33. The Kier molecular flexibility index (Phi) is 5.27. The van der Waals surface area contributed by atoms with Crippen molar-refractivity contribution in [3.8, 4) is 5.69 Å². The van der Waals surface area contributed by atoms with Crippen molar-refractivity contribution in [1.29, 1.82) is 0 Å². The van der Waals surface area contributed by atoms with Crippen molar-refractivity contribution in [3.63, 3.8) is 0 Å². The summed E-state index contributed by atoms with van der Waals surface area (Å²) in [5, 5.41) is 7.57. The summed E-state index contributed by atoms with van der Waals surface area (Å²) in [6, 6.07) is 17.4. The number of hydrogen-bond acceptors (Lipinski definition) is 3. The summed E-state index contributed by atoms with van der Waals surface area (Å²) in [6.07, 6.45) is 0. The van der Waals surface area contributed by atoms with Crippen LogP contribution in [0, 0.1) is 13.8 Å². The molecule has 0 bridgehead atoms. The number of carbonyl (C=O) groups excluding carboxylic acids is 1. The summed E-state index contributed by atoms with van der Waals surface area (Å²) in [4.78, 5) is 25.4. The zero-order valence-electron chi connectivity index (χ0n) is 17.4. The van der Waals surface area contributed by atoms with Crippen LogP contribution in [-0.4, -0.2) is 24.8 Å². The van der Waals surface area contributed by atoms with E-state index in [0.29, 0.717) is 13.1 Å². The van der Waals surface area contributed by atoms with Crippen molar-refractivity contribution in [1.82, 2.24) is 24.2 Å². The van der Waals surface area contributed by atoms with Crippen LogP contribution in [0.4, 0.5) is 0 Å². The number of aromatic nitrogens is 4. The van der Waals surface area contributed by atoms with Gasteiger partial charge in [0.05, 0.1) is 22.4 Å². The molecule has 2 aromatic heterocycles. The molecule has 7 heteroatoms. The van der Waals surface area contributed by atoms with Gasteiger partial charge in [-0.1, -0.05) is 30.3 Å². The number of carbonyl (C=O) groups is 1. The zero-order chi connectivity index (χ0) is 21.3. The Bertz CT molecular complexity index is 1260. The summed E-state index contributed by atoms with van der Waals surface area (Å²) < 4.78 is 5.10. The molecule has 154 valence electrons. The Hall–Kier alpha value is -3.61. The van der Waals surface area contributed by atoms with E-state index in [2.05, 4.69) is 10.4 Å². The van der Waals surface area contributed by atoms with E-state index >= 15 is 0 Å². The van der Waals surface area contributed by atoms with Crippen molar-refractivity contribution >= 4 is 16.9 Å². The lowest BCUT2D eigenvalue weighted by atomic mass is 10.2. The molecule has 4 rings (SSSR count). The van der Waals surface area contributed by atoms with Crippen molar-refractivity contribution in [2.24, 2.45) is 0 Å². The molecule has 0 aliphatic heterocycles. The number of benzene rings is 2. The number of nitrogens with zero attached hydrogens (tertiary/aromatic N) is 4. The Morgan fingerprint density at radius 1 is 0.967 bits per heavy atom. The minimum Gasteiger partial charge on any atom is -0.350 e. The third kappa shape index (κ3) is 3.43. The van der Waals surface area contributed by atoms with Crippen LogP contribution in [0.5, 0.6) is 0 Å². The van der Waals surface area contributed by atoms with Gasteiger partial charge in [-0.05, 0) is 45.0 Å². The van der Waals surface area contributed by atoms with Crippen LogP contribution >= 0.6 is 0 Å². The number of aryl methyl sites for hydroxylation is 2. The Morgan fingerprint density at radius 3 is 2.27 bits per heavy atom. The van der Waals surface area contributed by atoms with Gasteiger partial charge in [-0.15, -0.1) is 0 Å². The SMILES string of the molecule is CCn1c(=O)n(CC(=O)NCc2c(C)nn(-c3ccccc3)c2C)c2ccccc21. The molecule has 0 aliphatic rings. The average Bonchev–Trinajstić information content (AvgIpc) is 3.20. The maximum atomic E-state index is 12.7. The van der Waals surface area contributed by atoms with Crippen LogP contribution < -0.4 is 11.0 Å². The summed E-state index contributed by atoms with van der Waals surface area (Å²) in [5.41, 5.74) is 5.26. The van der Waals surface area contributed by atoms with E-state index in [1.165, 1.54) is 4.57 Å². The number of fused-ring (bicyclic) bond motifs is 1. The quantitative estimate of drug-likeness (QED) is 0.538. The van der Waals surface area contributed by atoms with Crippen molar-refractivity contribution in [2.45, 2.75) is 40.4 Å². The number of hydrogen-bond donors (Lipinski definition) is 1. The van der Waals surface area contributed by atoms with E-state index in [-0.39, 0.29) is 18.1 Å². The molecule has 1 N–H and O–H groups in total. The van der Waals surface area contributed by atoms with Gasteiger partial charge in [0.2, 0.25) is 5.91 Å². The Labute approximate surface area is 174 Å². The van der Waals surface area contributed by atoms with Gasteiger partial charge in [-0.2, -0.15) is 5.10 Å². The van der Waals surface area contributed by atoms with E-state index in [0.717, 1.165) is 33.7 Å². The summed E-state index contributed by atoms with van der Waals surface area (Å²) >= 11 is 0. The number of rotatable bonds is 6. The number of para-hydroxylation sites is 3. The average molecular weight is 403 g/mol. The molecule has 0 saturated heterocycles. The number of amides is 1. The number of imidazole rings is 1. The first-order chi connectivity index (χ1) is 14.5. The molecule has 7 nitrogen and oxygen atoms in total. The van der Waals surface area contributed by atoms with Crippen LogP contribution in [0.15, 0.2) is 59.4 Å². The molecule has 2 heterocycles. The van der Waals surface area contributed by atoms with Gasteiger partial charge in [-0.3, -0.25) is 13.9 Å². The van der Waals surface area contributed by atoms with Gasteiger partial charge < -0.3 is 5.32 Å². The first-order valence-corrected chi connectivity index (χ1v) is 10.1. The summed E-state index contributed by atoms with van der Waals surface area (Å²) in [5.74, 6) is -0.206. The van der Waals surface area contributed by atoms with Crippen molar-refractivity contribution < 1.29 is 4.79 Å². The zero-order valence-corrected chi connectivity index (χ0v) is 17.4. The van der Waals surface area contributed by atoms with E-state index in [4.69, 9.17) is 0 Å². The lowest BCUT2D eigenvalue weighted by molar-refractivity contribution is -0.121. The molecule has 0 saturated carbocycles. The van der Waals surface area contributed by atoms with Crippen LogP contribution in [-0.2, 0) is 24.4 Å². The van der Waals surface area contributed by atoms with E-state index in [1.807, 2.05) is 80.1 Å². The largest absolute Gasteiger partial charge is 0.350 e. The molecular formula is C23H25N5O2. The molecule has 0 radical (unpaired) electrons. The maximum absolute atomic E-state index is 12.7. The molecule has 1 amide bonds. The molecule has 2 aromatic carbocycles. The third-order valence-electron chi connectivity index (χ3n) is 5.45. The predicted molar refractivity (Wildman–Crippen MR) is 117 cm³/mol. The van der Waals surface area contributed by atoms with Crippen molar-refractivity contribution in [2.75, 3.05) is 0 Å². The van der Waals surface area contributed by atoms with E-state index in [1.54, 1.807) is 4.57 Å². The van der Waals surface area contributed by atoms with Gasteiger partial charge in [-0.25, -0.2) is 9.48 Å². The van der Waals surface area contributed by atoms with Gasteiger partial charge in [0, 0.05) is 24.3 Å². The topological polar surface area (TPSA) is 73.8 Å². The fraction of sp³-hybridized carbons (Fsp3) is 0.261. The van der Waals surface area contributed by atoms with Crippen LogP contribution in [0.25, 0.3) is 16.7 Å². The second-order valence-corrected chi connectivity index (χ2v) is 7.28. The fourth-order valence-corrected chi connectivity index (χ4v) is 3.87. The second kappa shape index (κ2) is 8.02. The van der Waals surface area contributed by atoms with Crippen LogP contribution in [0.2, 0.25) is 0 Å².